The number of carbonyl (C=O) groups is 1. The molecule has 0 saturated heterocycles. The molecule has 156 valence electrons. The molecule has 0 aromatic heterocycles. The first-order valence-corrected chi connectivity index (χ1v) is 11.3. The lowest BCUT2D eigenvalue weighted by Crippen LogP contribution is -2.57. The van der Waals surface area contributed by atoms with Gasteiger partial charge in [0.2, 0.25) is 0 Å². The van der Waals surface area contributed by atoms with E-state index < -0.39 is 10.2 Å². The lowest BCUT2D eigenvalue weighted by molar-refractivity contribution is -0.149. The van der Waals surface area contributed by atoms with Crippen molar-refractivity contribution in [2.75, 3.05) is 27.1 Å². The highest BCUT2D eigenvalue weighted by Gasteiger charge is 2.60. The molecule has 2 aromatic rings. The molecule has 1 fully saturated rings. The fourth-order valence-electron chi connectivity index (χ4n) is 4.74. The second-order valence-corrected chi connectivity index (χ2v) is 8.43. The number of thioether (sulfide) groups is 1. The number of carbonyl (C=O) groups excluding carboxylic acids is 1. The molecular weight excluding hydrogens is 384 g/mol. The maximum absolute atomic E-state index is 13.5. The smallest absolute Gasteiger partial charge is 0.323 e. The van der Waals surface area contributed by atoms with Gasteiger partial charge in [-0.2, -0.15) is 0 Å². The van der Waals surface area contributed by atoms with Gasteiger partial charge in [-0.1, -0.05) is 37.1 Å². The molecule has 1 aliphatic carbocycles. The molecule has 0 N–H and O–H groups in total. The van der Waals surface area contributed by atoms with E-state index >= 15 is 0 Å². The third-order valence-corrected chi connectivity index (χ3v) is 7.56. The van der Waals surface area contributed by atoms with Crippen LogP contribution in [-0.2, 0) is 14.9 Å². The van der Waals surface area contributed by atoms with Gasteiger partial charge in [0, 0.05) is 5.41 Å². The van der Waals surface area contributed by atoms with E-state index in [4.69, 9.17) is 14.2 Å². The van der Waals surface area contributed by atoms with Gasteiger partial charge in [0.05, 0.1) is 20.8 Å². The van der Waals surface area contributed by atoms with Gasteiger partial charge < -0.3 is 14.2 Å². The summed E-state index contributed by atoms with van der Waals surface area (Å²) in [7, 11) is 3.33. The highest BCUT2D eigenvalue weighted by atomic mass is 32.2. The van der Waals surface area contributed by atoms with Crippen molar-refractivity contribution in [3.8, 4) is 11.5 Å². The Morgan fingerprint density at radius 1 is 0.897 bits per heavy atom. The van der Waals surface area contributed by atoms with Crippen molar-refractivity contribution in [1.29, 1.82) is 0 Å². The Kier molecular flexibility index (Phi) is 6.78. The predicted octanol–water partition coefficient (Wildman–Crippen LogP) is 5.23. The Bertz CT molecular complexity index is 768. The molecule has 4 nitrogen and oxygen atoms in total. The van der Waals surface area contributed by atoms with Gasteiger partial charge in [-0.05, 0) is 61.4 Å². The molecular formula is C24H30O4S. The molecule has 0 bridgehead atoms. The van der Waals surface area contributed by atoms with Gasteiger partial charge >= 0.3 is 5.97 Å². The zero-order chi connectivity index (χ0) is 20.9. The third kappa shape index (κ3) is 3.61. The first-order chi connectivity index (χ1) is 14.1. The number of esters is 1. The van der Waals surface area contributed by atoms with Crippen molar-refractivity contribution in [3.05, 3.63) is 59.7 Å². The maximum Gasteiger partial charge on any atom is 0.323 e. The monoisotopic (exact) mass is 414 g/mol. The van der Waals surface area contributed by atoms with E-state index in [0.717, 1.165) is 48.3 Å². The summed E-state index contributed by atoms with van der Waals surface area (Å²) in [5.74, 6) is 1.49. The molecule has 0 amide bonds. The number of methoxy groups -OCH3 is 2. The average Bonchev–Trinajstić information content (AvgIpc) is 2.79. The summed E-state index contributed by atoms with van der Waals surface area (Å²) in [6.45, 7) is 2.25. The van der Waals surface area contributed by atoms with Crippen LogP contribution < -0.4 is 9.47 Å². The minimum Gasteiger partial charge on any atom is -0.497 e. The zero-order valence-corrected chi connectivity index (χ0v) is 18.5. The SMILES string of the molecule is CCOC(=O)C1(SC)CCCCC1(c1ccc(OC)cc1)c1ccc(OC)cc1. The third-order valence-electron chi connectivity index (χ3n) is 6.14. The van der Waals surface area contributed by atoms with Crippen LogP contribution in [0.4, 0.5) is 0 Å². The van der Waals surface area contributed by atoms with Crippen molar-refractivity contribution in [2.24, 2.45) is 0 Å². The van der Waals surface area contributed by atoms with Gasteiger partial charge in [-0.3, -0.25) is 4.79 Å². The minimum atomic E-state index is -0.690. The van der Waals surface area contributed by atoms with Gasteiger partial charge in [-0.15, -0.1) is 11.8 Å². The van der Waals surface area contributed by atoms with Gasteiger partial charge in [-0.25, -0.2) is 0 Å². The van der Waals surface area contributed by atoms with Crippen molar-refractivity contribution >= 4 is 17.7 Å². The molecule has 5 heteroatoms. The maximum atomic E-state index is 13.5. The van der Waals surface area contributed by atoms with E-state index in [9.17, 15) is 4.79 Å². The van der Waals surface area contributed by atoms with Gasteiger partial charge in [0.15, 0.2) is 0 Å². The number of hydrogen-bond acceptors (Lipinski definition) is 5. The Morgan fingerprint density at radius 2 is 1.38 bits per heavy atom. The first kappa shape index (κ1) is 21.6. The Hall–Kier alpha value is -2.14. The van der Waals surface area contributed by atoms with Gasteiger partial charge in [0.25, 0.3) is 0 Å². The summed E-state index contributed by atoms with van der Waals surface area (Å²) in [6.07, 6.45) is 5.76. The molecule has 1 aliphatic rings. The molecule has 1 unspecified atom stereocenters. The standard InChI is InChI=1S/C24H30O4S/c1-5-28-22(25)24(29-4)17-7-6-16-23(24,18-8-12-20(26-2)13-9-18)19-10-14-21(27-3)15-11-19/h8-15H,5-7,16-17H2,1-4H3. The zero-order valence-electron chi connectivity index (χ0n) is 17.7. The van der Waals surface area contributed by atoms with Crippen LogP contribution in [0.1, 0.15) is 43.7 Å². The summed E-state index contributed by atoms with van der Waals surface area (Å²) in [5, 5.41) is 0. The highest BCUT2D eigenvalue weighted by Crippen LogP contribution is 2.57. The van der Waals surface area contributed by atoms with Crippen LogP contribution in [0.2, 0.25) is 0 Å². The van der Waals surface area contributed by atoms with Crippen LogP contribution in [0.3, 0.4) is 0 Å². The molecule has 0 spiro atoms. The second-order valence-electron chi connectivity index (χ2n) is 7.32. The number of benzene rings is 2. The summed E-state index contributed by atoms with van der Waals surface area (Å²) in [5.41, 5.74) is 1.74. The van der Waals surface area contributed by atoms with Crippen LogP contribution >= 0.6 is 11.8 Å². The summed E-state index contributed by atoms with van der Waals surface area (Å²) >= 11 is 1.62. The largest absolute Gasteiger partial charge is 0.497 e. The van der Waals surface area contributed by atoms with E-state index in [1.165, 1.54) is 0 Å². The van der Waals surface area contributed by atoms with Crippen molar-refractivity contribution in [2.45, 2.75) is 42.8 Å². The van der Waals surface area contributed by atoms with E-state index in [1.54, 1.807) is 26.0 Å². The Labute approximate surface area is 177 Å². The molecule has 3 rings (SSSR count). The number of hydrogen-bond donors (Lipinski definition) is 0. The van der Waals surface area contributed by atoms with Crippen molar-refractivity contribution in [1.82, 2.24) is 0 Å². The van der Waals surface area contributed by atoms with Crippen LogP contribution in [0.25, 0.3) is 0 Å². The highest BCUT2D eigenvalue weighted by molar-refractivity contribution is 8.00. The molecule has 0 aliphatic heterocycles. The van der Waals surface area contributed by atoms with Crippen molar-refractivity contribution < 1.29 is 19.0 Å². The molecule has 2 aromatic carbocycles. The van der Waals surface area contributed by atoms with Crippen LogP contribution in [0.5, 0.6) is 11.5 Å². The minimum absolute atomic E-state index is 0.126. The summed E-state index contributed by atoms with van der Waals surface area (Å²) in [6, 6.07) is 16.3. The quantitative estimate of drug-likeness (QED) is 0.581. The molecule has 29 heavy (non-hydrogen) atoms. The van der Waals surface area contributed by atoms with Crippen molar-refractivity contribution in [3.63, 3.8) is 0 Å². The summed E-state index contributed by atoms with van der Waals surface area (Å²) < 4.78 is 15.7. The fourth-order valence-corrected chi connectivity index (χ4v) is 6.00. The van der Waals surface area contributed by atoms with Crippen LogP contribution in [-0.4, -0.2) is 37.8 Å². The number of ether oxygens (including phenoxy) is 3. The molecule has 1 saturated carbocycles. The molecule has 0 radical (unpaired) electrons. The predicted molar refractivity (Wildman–Crippen MR) is 118 cm³/mol. The molecule has 1 atom stereocenters. The Balaban J connectivity index is 2.27. The normalized spacial score (nSPS) is 20.7. The van der Waals surface area contributed by atoms with E-state index in [2.05, 4.69) is 24.3 Å². The lowest BCUT2D eigenvalue weighted by atomic mass is 9.58. The lowest BCUT2D eigenvalue weighted by Gasteiger charge is -2.52. The topological polar surface area (TPSA) is 44.8 Å². The van der Waals surface area contributed by atoms with Crippen LogP contribution in [0.15, 0.2) is 48.5 Å². The second kappa shape index (κ2) is 9.12. The fraction of sp³-hybridized carbons (Fsp3) is 0.458. The Morgan fingerprint density at radius 3 is 1.79 bits per heavy atom. The van der Waals surface area contributed by atoms with E-state index in [1.807, 2.05) is 37.4 Å². The molecule has 0 heterocycles. The van der Waals surface area contributed by atoms with Crippen LogP contribution in [0, 0.1) is 0 Å². The first-order valence-electron chi connectivity index (χ1n) is 10.1. The van der Waals surface area contributed by atoms with E-state index in [-0.39, 0.29) is 5.97 Å². The van der Waals surface area contributed by atoms with Gasteiger partial charge in [0.1, 0.15) is 16.2 Å². The number of rotatable bonds is 7. The van der Waals surface area contributed by atoms with E-state index in [0.29, 0.717) is 6.61 Å². The average molecular weight is 415 g/mol. The summed E-state index contributed by atoms with van der Waals surface area (Å²) in [4.78, 5) is 13.5.